The number of benzene rings is 3. The van der Waals surface area contributed by atoms with Crippen molar-refractivity contribution in [1.82, 2.24) is 0 Å². The number of hydrogen-bond donors (Lipinski definition) is 1. The number of nitrogens with zero attached hydrogens (tertiary/aromatic N) is 3. The van der Waals surface area contributed by atoms with E-state index in [1.807, 2.05) is 61.5 Å². The summed E-state index contributed by atoms with van der Waals surface area (Å²) in [6, 6.07) is 20.5. The van der Waals surface area contributed by atoms with E-state index in [1.165, 1.54) is 0 Å². The van der Waals surface area contributed by atoms with Gasteiger partial charge in [0.1, 0.15) is 0 Å². The molecule has 4 rings (SSSR count). The van der Waals surface area contributed by atoms with Crippen LogP contribution < -0.4 is 9.91 Å². The molecule has 144 valence electrons. The van der Waals surface area contributed by atoms with Gasteiger partial charge in [-0.25, -0.2) is 4.79 Å². The van der Waals surface area contributed by atoms with Crippen LogP contribution in [0, 0.1) is 0 Å². The molecule has 0 unspecified atom stereocenters. The molecule has 0 spiro atoms. The lowest BCUT2D eigenvalue weighted by Gasteiger charge is -2.17. The van der Waals surface area contributed by atoms with E-state index < -0.39 is 11.9 Å². The van der Waals surface area contributed by atoms with Crippen molar-refractivity contribution in [3.63, 3.8) is 0 Å². The van der Waals surface area contributed by atoms with Crippen molar-refractivity contribution >= 4 is 45.8 Å². The third-order valence-corrected chi connectivity index (χ3v) is 4.80. The molecule has 0 atom stereocenters. The molecular formula is C23H19N3O3. The zero-order chi connectivity index (χ0) is 20.5. The SMILES string of the molecule is CN(C)c1ccc(/C=C2\C(=O)N(c3ccccc3)N=C2C(=O)O)c2ccccc12. The summed E-state index contributed by atoms with van der Waals surface area (Å²) in [4.78, 5) is 26.8. The maximum Gasteiger partial charge on any atom is 0.357 e. The van der Waals surface area contributed by atoms with Gasteiger partial charge >= 0.3 is 5.97 Å². The summed E-state index contributed by atoms with van der Waals surface area (Å²) < 4.78 is 0. The predicted octanol–water partition coefficient (Wildman–Crippen LogP) is 3.78. The van der Waals surface area contributed by atoms with E-state index >= 15 is 0 Å². The molecule has 0 radical (unpaired) electrons. The van der Waals surface area contributed by atoms with Crippen LogP contribution >= 0.6 is 0 Å². The zero-order valence-electron chi connectivity index (χ0n) is 16.0. The number of hydrogen-bond acceptors (Lipinski definition) is 4. The second-order valence-electron chi connectivity index (χ2n) is 6.88. The van der Waals surface area contributed by atoms with Crippen molar-refractivity contribution in [3.8, 4) is 0 Å². The van der Waals surface area contributed by atoms with E-state index in [0.717, 1.165) is 27.0 Å². The van der Waals surface area contributed by atoms with E-state index in [2.05, 4.69) is 5.10 Å². The summed E-state index contributed by atoms with van der Waals surface area (Å²) in [6.45, 7) is 0. The highest BCUT2D eigenvalue weighted by molar-refractivity contribution is 6.54. The zero-order valence-corrected chi connectivity index (χ0v) is 16.0. The van der Waals surface area contributed by atoms with Crippen molar-refractivity contribution in [2.75, 3.05) is 24.0 Å². The molecule has 1 heterocycles. The highest BCUT2D eigenvalue weighted by atomic mass is 16.4. The number of anilines is 2. The normalized spacial score (nSPS) is 15.1. The molecule has 3 aromatic rings. The summed E-state index contributed by atoms with van der Waals surface area (Å²) in [5.74, 6) is -1.70. The summed E-state index contributed by atoms with van der Waals surface area (Å²) in [6.07, 6.45) is 1.61. The summed E-state index contributed by atoms with van der Waals surface area (Å²) in [5, 5.41) is 16.8. The number of para-hydroxylation sites is 1. The molecule has 6 heteroatoms. The Bertz CT molecular complexity index is 1180. The lowest BCUT2D eigenvalue weighted by molar-refractivity contribution is -0.129. The van der Waals surface area contributed by atoms with Gasteiger partial charge in [0.25, 0.3) is 5.91 Å². The average Bonchev–Trinajstić information content (AvgIpc) is 3.05. The number of hydrazone groups is 1. The molecule has 0 saturated heterocycles. The van der Waals surface area contributed by atoms with Gasteiger partial charge in [0, 0.05) is 25.2 Å². The first kappa shape index (κ1) is 18.4. The van der Waals surface area contributed by atoms with Crippen molar-refractivity contribution in [1.29, 1.82) is 0 Å². The average molecular weight is 385 g/mol. The summed E-state index contributed by atoms with van der Waals surface area (Å²) in [7, 11) is 3.93. The van der Waals surface area contributed by atoms with Gasteiger partial charge in [-0.2, -0.15) is 10.1 Å². The minimum atomic E-state index is -1.24. The minimum absolute atomic E-state index is 0.0594. The Labute approximate surface area is 168 Å². The molecule has 0 aliphatic carbocycles. The molecule has 0 aromatic heterocycles. The van der Waals surface area contributed by atoms with E-state index in [9.17, 15) is 14.7 Å². The third-order valence-electron chi connectivity index (χ3n) is 4.80. The van der Waals surface area contributed by atoms with Gasteiger partial charge in [-0.15, -0.1) is 0 Å². The fraction of sp³-hybridized carbons (Fsp3) is 0.0870. The Morgan fingerprint density at radius 1 is 0.966 bits per heavy atom. The molecule has 0 fully saturated rings. The molecule has 6 nitrogen and oxygen atoms in total. The maximum absolute atomic E-state index is 13.0. The van der Waals surface area contributed by atoms with E-state index in [4.69, 9.17) is 0 Å². The van der Waals surface area contributed by atoms with Crippen LogP contribution in [0.3, 0.4) is 0 Å². The Morgan fingerprint density at radius 3 is 2.28 bits per heavy atom. The van der Waals surface area contributed by atoms with E-state index in [0.29, 0.717) is 5.69 Å². The van der Waals surface area contributed by atoms with Gasteiger partial charge in [0.15, 0.2) is 5.71 Å². The Hall–Kier alpha value is -3.93. The number of carbonyl (C=O) groups excluding carboxylic acids is 1. The largest absolute Gasteiger partial charge is 0.476 e. The van der Waals surface area contributed by atoms with Crippen LogP contribution in [0.4, 0.5) is 11.4 Å². The lowest BCUT2D eigenvalue weighted by atomic mass is 9.99. The second-order valence-corrected chi connectivity index (χ2v) is 6.88. The highest BCUT2D eigenvalue weighted by Crippen LogP contribution is 2.31. The number of carboxylic acids is 1. The lowest BCUT2D eigenvalue weighted by Crippen LogP contribution is -2.22. The first-order valence-corrected chi connectivity index (χ1v) is 9.10. The molecular weight excluding hydrogens is 366 g/mol. The molecule has 0 saturated carbocycles. The predicted molar refractivity (Wildman–Crippen MR) is 115 cm³/mol. The van der Waals surface area contributed by atoms with Crippen LogP contribution in [-0.4, -0.2) is 36.8 Å². The smallest absolute Gasteiger partial charge is 0.357 e. The van der Waals surface area contributed by atoms with Crippen molar-refractivity contribution in [3.05, 3.63) is 77.9 Å². The Morgan fingerprint density at radius 2 is 1.62 bits per heavy atom. The Kier molecular flexibility index (Phi) is 4.60. The topological polar surface area (TPSA) is 73.2 Å². The maximum atomic E-state index is 13.0. The number of carbonyl (C=O) groups is 2. The third kappa shape index (κ3) is 3.25. The van der Waals surface area contributed by atoms with Crippen LogP contribution in [0.5, 0.6) is 0 Å². The van der Waals surface area contributed by atoms with E-state index in [1.54, 1.807) is 30.3 Å². The van der Waals surface area contributed by atoms with Crippen LogP contribution in [-0.2, 0) is 9.59 Å². The van der Waals surface area contributed by atoms with Gasteiger partial charge in [0.05, 0.1) is 11.3 Å². The number of carboxylic acid groups (broad SMARTS) is 1. The van der Waals surface area contributed by atoms with Crippen molar-refractivity contribution in [2.24, 2.45) is 5.10 Å². The number of rotatable bonds is 4. The quantitative estimate of drug-likeness (QED) is 0.694. The van der Waals surface area contributed by atoms with Gasteiger partial charge < -0.3 is 10.0 Å². The molecule has 29 heavy (non-hydrogen) atoms. The van der Waals surface area contributed by atoms with Gasteiger partial charge in [0.2, 0.25) is 0 Å². The standard InChI is InChI=1S/C23H19N3O3/c1-25(2)20-13-12-15(17-10-6-7-11-18(17)20)14-19-21(23(28)29)24-26(22(19)27)16-8-4-3-5-9-16/h3-14H,1-2H3,(H,28,29)/b19-14-. The first-order chi connectivity index (χ1) is 14.0. The minimum Gasteiger partial charge on any atom is -0.476 e. The van der Waals surface area contributed by atoms with Crippen LogP contribution in [0.1, 0.15) is 5.56 Å². The van der Waals surface area contributed by atoms with Crippen molar-refractivity contribution < 1.29 is 14.7 Å². The molecule has 1 N–H and O–H groups in total. The molecule has 3 aromatic carbocycles. The fourth-order valence-electron chi connectivity index (χ4n) is 3.42. The molecule has 1 aliphatic heterocycles. The molecule has 0 bridgehead atoms. The summed E-state index contributed by atoms with van der Waals surface area (Å²) >= 11 is 0. The first-order valence-electron chi connectivity index (χ1n) is 9.10. The molecule has 1 aliphatic rings. The van der Waals surface area contributed by atoms with Gasteiger partial charge in [-0.05, 0) is 35.2 Å². The Balaban J connectivity index is 1.86. The van der Waals surface area contributed by atoms with Crippen LogP contribution in [0.2, 0.25) is 0 Å². The molecule has 1 amide bonds. The van der Waals surface area contributed by atoms with Crippen LogP contribution in [0.25, 0.3) is 16.8 Å². The summed E-state index contributed by atoms with van der Waals surface area (Å²) in [5.41, 5.74) is 2.12. The van der Waals surface area contributed by atoms with Gasteiger partial charge in [-0.1, -0.05) is 48.5 Å². The number of aliphatic carboxylic acids is 1. The van der Waals surface area contributed by atoms with Crippen LogP contribution in [0.15, 0.2) is 77.4 Å². The van der Waals surface area contributed by atoms with Crippen molar-refractivity contribution in [2.45, 2.75) is 0 Å². The fourth-order valence-corrected chi connectivity index (χ4v) is 3.42. The number of fused-ring (bicyclic) bond motifs is 1. The number of amides is 1. The van der Waals surface area contributed by atoms with Gasteiger partial charge in [-0.3, -0.25) is 4.79 Å². The van der Waals surface area contributed by atoms with E-state index in [-0.39, 0.29) is 11.3 Å². The highest BCUT2D eigenvalue weighted by Gasteiger charge is 2.35. The second kappa shape index (κ2) is 7.24. The monoisotopic (exact) mass is 385 g/mol.